The summed E-state index contributed by atoms with van der Waals surface area (Å²) >= 11 is 0.896. The Morgan fingerprint density at radius 3 is 2.39 bits per heavy atom. The molecule has 0 spiro atoms. The first kappa shape index (κ1) is 24.7. The highest BCUT2D eigenvalue weighted by atomic mass is 32.2. The minimum absolute atomic E-state index is 0.0308. The van der Waals surface area contributed by atoms with E-state index in [9.17, 15) is 28.1 Å². The minimum Gasteiger partial charge on any atom is -0.350 e. The molecule has 1 atom stereocenters. The van der Waals surface area contributed by atoms with Crippen LogP contribution in [0.2, 0.25) is 0 Å². The maximum atomic E-state index is 12.9. The molecule has 0 aliphatic carbocycles. The lowest BCUT2D eigenvalue weighted by Gasteiger charge is -2.16. The zero-order chi connectivity index (χ0) is 23.2. The first-order valence-electron chi connectivity index (χ1n) is 9.92. The van der Waals surface area contributed by atoms with Crippen LogP contribution >= 0.6 is 11.8 Å². The number of nitrogens with zero attached hydrogens (tertiary/aromatic N) is 1. The summed E-state index contributed by atoms with van der Waals surface area (Å²) in [6, 6.07) is 8.87. The molecule has 1 N–H and O–H groups in total. The molecule has 0 fully saturated rings. The Kier molecular flexibility index (Phi) is 8.50. The highest BCUT2D eigenvalue weighted by Crippen LogP contribution is 2.40. The number of rotatable bonds is 9. The van der Waals surface area contributed by atoms with Gasteiger partial charge in [-0.15, -0.1) is 0 Å². The van der Waals surface area contributed by atoms with E-state index in [1.54, 1.807) is 24.3 Å². The highest BCUT2D eigenvalue weighted by molar-refractivity contribution is 7.99. The zero-order valence-corrected chi connectivity index (χ0v) is 18.3. The van der Waals surface area contributed by atoms with Gasteiger partial charge in [0.15, 0.2) is 0 Å². The van der Waals surface area contributed by atoms with Crippen molar-refractivity contribution >= 4 is 23.4 Å². The molecule has 0 aliphatic heterocycles. The highest BCUT2D eigenvalue weighted by Gasteiger charge is 2.33. The molecule has 5 nitrogen and oxygen atoms in total. The fraction of sp³-hybridized carbons (Fsp3) is 0.409. The number of carbonyl (C=O) groups excluding carboxylic acids is 1. The SMILES string of the molecule is CC(C)CCC[C@H](C)NC(=O)c1ccccc1Sc1ccc(C(F)(F)F)cc1[N+](=O)[O-]. The van der Waals surface area contributed by atoms with Crippen LogP contribution in [-0.2, 0) is 6.18 Å². The van der Waals surface area contributed by atoms with E-state index in [1.807, 2.05) is 6.92 Å². The summed E-state index contributed by atoms with van der Waals surface area (Å²) < 4.78 is 38.8. The van der Waals surface area contributed by atoms with Crippen molar-refractivity contribution in [2.75, 3.05) is 0 Å². The molecule has 2 aromatic rings. The maximum absolute atomic E-state index is 12.9. The van der Waals surface area contributed by atoms with Gasteiger partial charge in [0, 0.05) is 17.0 Å². The number of carbonyl (C=O) groups is 1. The second kappa shape index (κ2) is 10.7. The van der Waals surface area contributed by atoms with Gasteiger partial charge >= 0.3 is 6.18 Å². The summed E-state index contributed by atoms with van der Waals surface area (Å²) in [5.74, 6) is 0.259. The Hall–Kier alpha value is -2.55. The first-order chi connectivity index (χ1) is 14.5. The fourth-order valence-corrected chi connectivity index (χ4v) is 4.02. The van der Waals surface area contributed by atoms with Gasteiger partial charge in [-0.1, -0.05) is 50.6 Å². The molecule has 9 heteroatoms. The average Bonchev–Trinajstić information content (AvgIpc) is 2.67. The summed E-state index contributed by atoms with van der Waals surface area (Å²) in [5, 5.41) is 14.3. The second-order valence-corrected chi connectivity index (χ2v) is 8.82. The number of benzene rings is 2. The van der Waals surface area contributed by atoms with Crippen LogP contribution in [0, 0.1) is 16.0 Å². The van der Waals surface area contributed by atoms with Gasteiger partial charge in [-0.2, -0.15) is 13.2 Å². The Balaban J connectivity index is 2.22. The third-order valence-corrected chi connectivity index (χ3v) is 5.77. The third-order valence-electron chi connectivity index (χ3n) is 4.63. The molecule has 0 aromatic heterocycles. The van der Waals surface area contributed by atoms with E-state index in [1.165, 1.54) is 0 Å². The van der Waals surface area contributed by atoms with Crippen molar-refractivity contribution in [1.82, 2.24) is 5.32 Å². The van der Waals surface area contributed by atoms with Crippen LogP contribution in [0.5, 0.6) is 0 Å². The van der Waals surface area contributed by atoms with E-state index in [4.69, 9.17) is 0 Å². The number of amides is 1. The fourth-order valence-electron chi connectivity index (χ4n) is 2.99. The van der Waals surface area contributed by atoms with Gasteiger partial charge in [-0.05, 0) is 43.5 Å². The standard InChI is InChI=1S/C22H25F3N2O3S/c1-14(2)7-6-8-15(3)26-21(28)17-9-4-5-10-19(17)31-20-12-11-16(22(23,24)25)13-18(20)27(29)30/h4-5,9-15H,6-8H2,1-3H3,(H,26,28)/t15-/m0/s1. The van der Waals surface area contributed by atoms with Crippen LogP contribution in [0.4, 0.5) is 18.9 Å². The number of nitrogens with one attached hydrogen (secondary N) is 1. The van der Waals surface area contributed by atoms with Crippen LogP contribution in [0.1, 0.15) is 56.0 Å². The van der Waals surface area contributed by atoms with E-state index in [2.05, 4.69) is 19.2 Å². The van der Waals surface area contributed by atoms with Crippen molar-refractivity contribution in [2.45, 2.75) is 62.0 Å². The normalized spacial score (nSPS) is 12.6. The predicted molar refractivity (Wildman–Crippen MR) is 114 cm³/mol. The number of hydrogen-bond donors (Lipinski definition) is 1. The molecule has 0 saturated carbocycles. The molecule has 0 unspecified atom stereocenters. The Bertz CT molecular complexity index is 932. The Morgan fingerprint density at radius 2 is 1.77 bits per heavy atom. The predicted octanol–water partition coefficient (Wildman–Crippen LogP) is 6.71. The molecular formula is C22H25F3N2O3S. The molecule has 0 radical (unpaired) electrons. The molecule has 1 amide bonds. The van der Waals surface area contributed by atoms with Crippen LogP contribution in [0.25, 0.3) is 0 Å². The molecule has 0 heterocycles. The summed E-state index contributed by atoms with van der Waals surface area (Å²) in [6.45, 7) is 6.18. The van der Waals surface area contributed by atoms with Crippen molar-refractivity contribution in [2.24, 2.45) is 5.92 Å². The molecule has 31 heavy (non-hydrogen) atoms. The zero-order valence-electron chi connectivity index (χ0n) is 17.5. The first-order valence-corrected chi connectivity index (χ1v) is 10.7. The van der Waals surface area contributed by atoms with Gasteiger partial charge in [0.05, 0.1) is 20.9 Å². The second-order valence-electron chi connectivity index (χ2n) is 7.73. The molecule has 0 bridgehead atoms. The molecular weight excluding hydrogens is 429 g/mol. The third kappa shape index (κ3) is 7.27. The van der Waals surface area contributed by atoms with E-state index >= 15 is 0 Å². The Morgan fingerprint density at radius 1 is 1.10 bits per heavy atom. The Labute approximate surface area is 183 Å². The van der Waals surface area contributed by atoms with Crippen molar-refractivity contribution in [3.05, 3.63) is 63.7 Å². The van der Waals surface area contributed by atoms with E-state index in [0.29, 0.717) is 22.4 Å². The lowest BCUT2D eigenvalue weighted by molar-refractivity contribution is -0.388. The van der Waals surface area contributed by atoms with Gasteiger partial charge in [0.1, 0.15) is 0 Å². The summed E-state index contributed by atoms with van der Waals surface area (Å²) in [5.41, 5.74) is -1.43. The van der Waals surface area contributed by atoms with Crippen LogP contribution < -0.4 is 5.32 Å². The number of alkyl halides is 3. The molecule has 0 aliphatic rings. The number of halogens is 3. The number of nitro benzene ring substituents is 1. The van der Waals surface area contributed by atoms with Gasteiger partial charge in [-0.25, -0.2) is 0 Å². The summed E-state index contributed by atoms with van der Waals surface area (Å²) in [6.07, 6.45) is -1.82. The number of nitro groups is 1. The largest absolute Gasteiger partial charge is 0.416 e. The number of hydrogen-bond acceptors (Lipinski definition) is 4. The topological polar surface area (TPSA) is 72.2 Å². The lowest BCUT2D eigenvalue weighted by atomic mass is 10.0. The van der Waals surface area contributed by atoms with Gasteiger partial charge in [0.2, 0.25) is 0 Å². The van der Waals surface area contributed by atoms with Crippen LogP contribution in [-0.4, -0.2) is 16.9 Å². The monoisotopic (exact) mass is 454 g/mol. The molecule has 0 saturated heterocycles. The van der Waals surface area contributed by atoms with Crippen molar-refractivity contribution in [1.29, 1.82) is 0 Å². The summed E-state index contributed by atoms with van der Waals surface area (Å²) in [7, 11) is 0. The maximum Gasteiger partial charge on any atom is 0.416 e. The van der Waals surface area contributed by atoms with Crippen LogP contribution in [0.3, 0.4) is 0 Å². The van der Waals surface area contributed by atoms with Gasteiger partial charge in [0.25, 0.3) is 11.6 Å². The van der Waals surface area contributed by atoms with Crippen molar-refractivity contribution < 1.29 is 22.9 Å². The van der Waals surface area contributed by atoms with E-state index in [-0.39, 0.29) is 16.8 Å². The minimum atomic E-state index is -4.68. The molecule has 2 rings (SSSR count). The lowest BCUT2D eigenvalue weighted by Crippen LogP contribution is -2.32. The quantitative estimate of drug-likeness (QED) is 0.338. The van der Waals surface area contributed by atoms with Crippen molar-refractivity contribution in [3.63, 3.8) is 0 Å². The summed E-state index contributed by atoms with van der Waals surface area (Å²) in [4.78, 5) is 23.7. The molecule has 168 valence electrons. The van der Waals surface area contributed by atoms with Crippen LogP contribution in [0.15, 0.2) is 52.3 Å². The average molecular weight is 455 g/mol. The van der Waals surface area contributed by atoms with Gasteiger partial charge in [-0.3, -0.25) is 14.9 Å². The van der Waals surface area contributed by atoms with E-state index < -0.39 is 22.4 Å². The smallest absolute Gasteiger partial charge is 0.350 e. The van der Waals surface area contributed by atoms with Gasteiger partial charge < -0.3 is 5.32 Å². The van der Waals surface area contributed by atoms with E-state index in [0.717, 1.165) is 43.2 Å². The molecule has 2 aromatic carbocycles. The van der Waals surface area contributed by atoms with Crippen molar-refractivity contribution in [3.8, 4) is 0 Å².